The molecule has 2 atom stereocenters. The molecule has 0 saturated carbocycles. The molecule has 112 valence electrons. The van der Waals surface area contributed by atoms with Gasteiger partial charge in [-0.05, 0) is 0 Å². The van der Waals surface area contributed by atoms with Crippen molar-refractivity contribution in [3.63, 3.8) is 0 Å². The lowest BCUT2D eigenvalue weighted by atomic mass is 10.00. The summed E-state index contributed by atoms with van der Waals surface area (Å²) in [7, 11) is 0. The molecular weight excluding hydrogens is 284 g/mol. The zero-order valence-corrected chi connectivity index (χ0v) is 12.2. The summed E-state index contributed by atoms with van der Waals surface area (Å²) in [6.07, 6.45) is 0. The van der Waals surface area contributed by atoms with Crippen LogP contribution in [0.2, 0.25) is 0 Å². The number of imide groups is 1. The van der Waals surface area contributed by atoms with Gasteiger partial charge in [-0.1, -0.05) is 13.8 Å². The topological polar surface area (TPSA) is 104 Å². The Kier molecular flexibility index (Phi) is 6.00. The van der Waals surface area contributed by atoms with E-state index in [2.05, 4.69) is 5.32 Å². The molecule has 1 aliphatic heterocycles. The van der Waals surface area contributed by atoms with Gasteiger partial charge < -0.3 is 10.4 Å². The molecule has 0 spiro atoms. The summed E-state index contributed by atoms with van der Waals surface area (Å²) in [6, 6.07) is 0. The Morgan fingerprint density at radius 3 is 2.25 bits per heavy atom. The summed E-state index contributed by atoms with van der Waals surface area (Å²) in [5.41, 5.74) is 0. The number of hydrogen-bond acceptors (Lipinski definition) is 5. The first-order valence-electron chi connectivity index (χ1n) is 6.26. The third-order valence-electron chi connectivity index (χ3n) is 3.18. The molecule has 1 saturated heterocycles. The van der Waals surface area contributed by atoms with Crippen LogP contribution < -0.4 is 5.32 Å². The van der Waals surface area contributed by atoms with E-state index < -0.39 is 5.97 Å². The number of rotatable bonds is 7. The number of thioether (sulfide) groups is 1. The number of likely N-dealkylation sites (tertiary alicyclic amines) is 1. The average molecular weight is 302 g/mol. The number of nitrogens with one attached hydrogen (secondary N) is 1. The molecule has 0 aromatic heterocycles. The Hall–Kier alpha value is -1.57. The van der Waals surface area contributed by atoms with Crippen LogP contribution >= 0.6 is 11.8 Å². The van der Waals surface area contributed by atoms with Crippen LogP contribution in [-0.4, -0.2) is 58.3 Å². The van der Waals surface area contributed by atoms with Crippen LogP contribution in [0.3, 0.4) is 0 Å². The molecule has 0 aromatic carbocycles. The van der Waals surface area contributed by atoms with Gasteiger partial charge in [0.05, 0.1) is 11.5 Å². The molecule has 20 heavy (non-hydrogen) atoms. The minimum absolute atomic E-state index is 0.0427. The molecule has 1 fully saturated rings. The fraction of sp³-hybridized carbons (Fsp3) is 0.667. The van der Waals surface area contributed by atoms with Crippen molar-refractivity contribution in [1.82, 2.24) is 10.2 Å². The van der Waals surface area contributed by atoms with Gasteiger partial charge in [-0.3, -0.25) is 24.1 Å². The second kappa shape index (κ2) is 7.28. The van der Waals surface area contributed by atoms with Gasteiger partial charge in [-0.25, -0.2) is 0 Å². The van der Waals surface area contributed by atoms with Crippen molar-refractivity contribution < 1.29 is 24.3 Å². The second-order valence-corrected chi connectivity index (χ2v) is 5.63. The largest absolute Gasteiger partial charge is 0.481 e. The van der Waals surface area contributed by atoms with Gasteiger partial charge >= 0.3 is 5.97 Å². The summed E-state index contributed by atoms with van der Waals surface area (Å²) in [4.78, 5) is 46.4. The summed E-state index contributed by atoms with van der Waals surface area (Å²) in [6.45, 7) is 3.77. The molecule has 0 aromatic rings. The predicted molar refractivity (Wildman–Crippen MR) is 73.0 cm³/mol. The van der Waals surface area contributed by atoms with Crippen molar-refractivity contribution >= 4 is 35.5 Å². The van der Waals surface area contributed by atoms with E-state index >= 15 is 0 Å². The monoisotopic (exact) mass is 302 g/mol. The quantitative estimate of drug-likeness (QED) is 0.618. The fourth-order valence-corrected chi connectivity index (χ4v) is 2.40. The molecular formula is C12H18N2O5S. The fourth-order valence-electron chi connectivity index (χ4n) is 1.84. The Balaban J connectivity index is 2.27. The van der Waals surface area contributed by atoms with Crippen molar-refractivity contribution in [1.29, 1.82) is 0 Å². The van der Waals surface area contributed by atoms with Crippen LogP contribution in [0, 0.1) is 11.8 Å². The molecule has 0 bridgehead atoms. The number of carbonyl (C=O) groups excluding carboxylic acids is 3. The van der Waals surface area contributed by atoms with Gasteiger partial charge in [0.2, 0.25) is 17.7 Å². The minimum atomic E-state index is -0.973. The zero-order valence-electron chi connectivity index (χ0n) is 11.4. The van der Waals surface area contributed by atoms with Crippen molar-refractivity contribution in [2.75, 3.05) is 24.6 Å². The lowest BCUT2D eigenvalue weighted by Gasteiger charge is -2.14. The van der Waals surface area contributed by atoms with E-state index in [1.54, 1.807) is 13.8 Å². The molecule has 1 rings (SSSR count). The summed E-state index contributed by atoms with van der Waals surface area (Å²) < 4.78 is 0. The van der Waals surface area contributed by atoms with Gasteiger partial charge in [0.25, 0.3) is 0 Å². The highest BCUT2D eigenvalue weighted by atomic mass is 32.2. The van der Waals surface area contributed by atoms with Crippen LogP contribution in [0.1, 0.15) is 13.8 Å². The average Bonchev–Trinajstić information content (AvgIpc) is 2.56. The highest BCUT2D eigenvalue weighted by Crippen LogP contribution is 2.24. The van der Waals surface area contributed by atoms with E-state index in [-0.39, 0.29) is 54.2 Å². The van der Waals surface area contributed by atoms with Gasteiger partial charge in [0.1, 0.15) is 0 Å². The number of amides is 3. The third-order valence-corrected chi connectivity index (χ3v) is 4.09. The van der Waals surface area contributed by atoms with Crippen LogP contribution in [0.4, 0.5) is 0 Å². The maximum atomic E-state index is 11.8. The normalized spacial score (nSPS) is 22.2. The van der Waals surface area contributed by atoms with Crippen molar-refractivity contribution in [3.8, 4) is 0 Å². The minimum Gasteiger partial charge on any atom is -0.481 e. The van der Waals surface area contributed by atoms with Gasteiger partial charge in [-0.15, -0.1) is 11.8 Å². The summed E-state index contributed by atoms with van der Waals surface area (Å²) in [5, 5.41) is 11.0. The Labute approximate surface area is 121 Å². The van der Waals surface area contributed by atoms with Crippen LogP contribution in [0.25, 0.3) is 0 Å². The maximum absolute atomic E-state index is 11.8. The summed E-state index contributed by atoms with van der Waals surface area (Å²) >= 11 is 0.995. The summed E-state index contributed by atoms with van der Waals surface area (Å²) in [5.74, 6) is -2.43. The van der Waals surface area contributed by atoms with Crippen LogP contribution in [0.5, 0.6) is 0 Å². The Morgan fingerprint density at radius 2 is 1.75 bits per heavy atom. The maximum Gasteiger partial charge on any atom is 0.313 e. The Bertz CT molecular complexity index is 406. The van der Waals surface area contributed by atoms with E-state index in [1.165, 1.54) is 4.90 Å². The molecule has 2 N–H and O–H groups in total. The van der Waals surface area contributed by atoms with E-state index in [0.29, 0.717) is 0 Å². The lowest BCUT2D eigenvalue weighted by Crippen LogP contribution is -2.39. The van der Waals surface area contributed by atoms with Crippen molar-refractivity contribution in [3.05, 3.63) is 0 Å². The smallest absolute Gasteiger partial charge is 0.313 e. The first kappa shape index (κ1) is 16.5. The second-order valence-electron chi connectivity index (χ2n) is 4.64. The predicted octanol–water partition coefficient (Wildman–Crippen LogP) is -0.439. The van der Waals surface area contributed by atoms with Crippen LogP contribution in [0.15, 0.2) is 0 Å². The standard InChI is InChI=1S/C12H18N2O5S/c1-7-8(2)12(19)14(11(7)18)4-3-13-9(15)5-20-6-10(16)17/h7-8H,3-6H2,1-2H3,(H,13,15)(H,16,17)/t7-,8+. The van der Waals surface area contributed by atoms with Gasteiger partial charge in [0.15, 0.2) is 0 Å². The third kappa shape index (κ3) is 4.22. The number of nitrogens with zero attached hydrogens (tertiary/aromatic N) is 1. The molecule has 0 radical (unpaired) electrons. The van der Waals surface area contributed by atoms with Gasteiger partial charge in [0, 0.05) is 24.9 Å². The first-order chi connectivity index (χ1) is 9.34. The lowest BCUT2D eigenvalue weighted by molar-refractivity contribution is -0.140. The number of hydrogen-bond donors (Lipinski definition) is 2. The van der Waals surface area contributed by atoms with Gasteiger partial charge in [-0.2, -0.15) is 0 Å². The van der Waals surface area contributed by atoms with E-state index in [9.17, 15) is 19.2 Å². The molecule has 8 heteroatoms. The zero-order chi connectivity index (χ0) is 15.3. The molecule has 0 unspecified atom stereocenters. The highest BCUT2D eigenvalue weighted by molar-refractivity contribution is 8.00. The first-order valence-corrected chi connectivity index (χ1v) is 7.41. The number of aliphatic carboxylic acids is 1. The molecule has 1 aliphatic rings. The number of carbonyl (C=O) groups is 4. The molecule has 7 nitrogen and oxygen atoms in total. The van der Waals surface area contributed by atoms with E-state index in [1.807, 2.05) is 0 Å². The molecule has 1 heterocycles. The number of carboxylic acid groups (broad SMARTS) is 1. The van der Waals surface area contributed by atoms with Crippen molar-refractivity contribution in [2.45, 2.75) is 13.8 Å². The molecule has 3 amide bonds. The van der Waals surface area contributed by atoms with Crippen LogP contribution in [-0.2, 0) is 19.2 Å². The van der Waals surface area contributed by atoms with E-state index in [0.717, 1.165) is 11.8 Å². The Morgan fingerprint density at radius 1 is 1.20 bits per heavy atom. The van der Waals surface area contributed by atoms with Crippen molar-refractivity contribution in [2.24, 2.45) is 11.8 Å². The van der Waals surface area contributed by atoms with E-state index in [4.69, 9.17) is 5.11 Å². The molecule has 0 aliphatic carbocycles. The number of carboxylic acids is 1. The highest BCUT2D eigenvalue weighted by Gasteiger charge is 2.41. The SMILES string of the molecule is C[C@@H]1C(=O)N(CCNC(=O)CSCC(=O)O)C(=O)[C@@H]1C.